The molecule has 0 spiro atoms. The van der Waals surface area contributed by atoms with Gasteiger partial charge in [-0.05, 0) is 55.8 Å². The molecule has 0 aliphatic rings. The molecule has 0 aliphatic heterocycles. The molecule has 1 N–H and O–H groups in total. The molecule has 2 rings (SSSR count). The van der Waals surface area contributed by atoms with Gasteiger partial charge in [0.15, 0.2) is 6.10 Å². The van der Waals surface area contributed by atoms with E-state index in [-0.39, 0.29) is 5.91 Å². The molecule has 0 aliphatic carbocycles. The van der Waals surface area contributed by atoms with Crippen molar-refractivity contribution < 1.29 is 9.53 Å². The van der Waals surface area contributed by atoms with E-state index in [0.717, 1.165) is 5.56 Å². The minimum absolute atomic E-state index is 0.298. The highest BCUT2D eigenvalue weighted by Crippen LogP contribution is 2.24. The monoisotopic (exact) mass is 357 g/mol. The van der Waals surface area contributed by atoms with Crippen LogP contribution in [0.3, 0.4) is 0 Å². The van der Waals surface area contributed by atoms with Gasteiger partial charge in [0.2, 0.25) is 0 Å². The number of benzene rings is 2. The standard InChI is InChI=1S/C16H14Cl3NO2/c1-9-5-11(17)3-4-15(9)22-10(2)16(21)20-14-7-12(18)6-13(19)8-14/h3-8,10H,1-2H3,(H,20,21)/t10-/m0/s1. The molecule has 0 aromatic heterocycles. The molecule has 1 amide bonds. The second-order valence-electron chi connectivity index (χ2n) is 4.82. The molecule has 0 heterocycles. The van der Waals surface area contributed by atoms with Crippen LogP contribution in [0.15, 0.2) is 36.4 Å². The molecule has 1 atom stereocenters. The maximum atomic E-state index is 12.2. The first kappa shape index (κ1) is 16.9. The molecule has 0 bridgehead atoms. The predicted octanol–water partition coefficient (Wildman–Crippen LogP) is 5.36. The number of amides is 1. The SMILES string of the molecule is Cc1cc(Cl)ccc1O[C@@H](C)C(=O)Nc1cc(Cl)cc(Cl)c1. The number of hydrogen-bond donors (Lipinski definition) is 1. The van der Waals surface area contributed by atoms with E-state index < -0.39 is 6.10 Å². The van der Waals surface area contributed by atoms with Gasteiger partial charge in [0, 0.05) is 20.8 Å². The molecule has 22 heavy (non-hydrogen) atoms. The molecular formula is C16H14Cl3NO2. The van der Waals surface area contributed by atoms with Crippen LogP contribution < -0.4 is 10.1 Å². The van der Waals surface area contributed by atoms with Crippen LogP contribution >= 0.6 is 34.8 Å². The highest BCUT2D eigenvalue weighted by Gasteiger charge is 2.16. The van der Waals surface area contributed by atoms with Gasteiger partial charge in [-0.15, -0.1) is 0 Å². The summed E-state index contributed by atoms with van der Waals surface area (Å²) in [5, 5.41) is 4.23. The fourth-order valence-electron chi connectivity index (χ4n) is 1.86. The lowest BCUT2D eigenvalue weighted by atomic mass is 10.2. The van der Waals surface area contributed by atoms with Crippen LogP contribution in [0.2, 0.25) is 15.1 Å². The van der Waals surface area contributed by atoms with Crippen LogP contribution in [-0.4, -0.2) is 12.0 Å². The van der Waals surface area contributed by atoms with Crippen molar-refractivity contribution >= 4 is 46.4 Å². The summed E-state index contributed by atoms with van der Waals surface area (Å²) in [5.41, 5.74) is 1.38. The Kier molecular flexibility index (Phi) is 5.57. The average molecular weight is 359 g/mol. The predicted molar refractivity (Wildman–Crippen MR) is 91.4 cm³/mol. The van der Waals surface area contributed by atoms with E-state index >= 15 is 0 Å². The average Bonchev–Trinajstić information content (AvgIpc) is 2.40. The topological polar surface area (TPSA) is 38.3 Å². The summed E-state index contributed by atoms with van der Waals surface area (Å²) in [6.45, 7) is 3.53. The van der Waals surface area contributed by atoms with E-state index in [1.807, 2.05) is 6.92 Å². The normalized spacial score (nSPS) is 11.9. The van der Waals surface area contributed by atoms with E-state index in [1.165, 1.54) is 0 Å². The maximum absolute atomic E-state index is 12.2. The number of anilines is 1. The summed E-state index contributed by atoms with van der Waals surface area (Å²) in [6, 6.07) is 10.0. The van der Waals surface area contributed by atoms with Gasteiger partial charge in [0.05, 0.1) is 0 Å². The van der Waals surface area contributed by atoms with E-state index in [1.54, 1.807) is 43.3 Å². The van der Waals surface area contributed by atoms with Crippen LogP contribution in [0, 0.1) is 6.92 Å². The fourth-order valence-corrected chi connectivity index (χ4v) is 2.61. The van der Waals surface area contributed by atoms with Gasteiger partial charge in [0.25, 0.3) is 5.91 Å². The summed E-state index contributed by atoms with van der Waals surface area (Å²) in [6.07, 6.45) is -0.683. The molecule has 2 aromatic carbocycles. The Balaban J connectivity index is 2.05. The Morgan fingerprint density at radius 1 is 1.05 bits per heavy atom. The first-order valence-corrected chi connectivity index (χ1v) is 7.68. The number of carbonyl (C=O) groups is 1. The van der Waals surface area contributed by atoms with E-state index in [4.69, 9.17) is 39.5 Å². The second kappa shape index (κ2) is 7.23. The number of hydrogen-bond acceptors (Lipinski definition) is 2. The lowest BCUT2D eigenvalue weighted by Gasteiger charge is -2.16. The zero-order chi connectivity index (χ0) is 16.3. The molecule has 3 nitrogen and oxygen atoms in total. The minimum atomic E-state index is -0.683. The summed E-state index contributed by atoms with van der Waals surface area (Å²) >= 11 is 17.7. The van der Waals surface area contributed by atoms with Crippen molar-refractivity contribution in [1.29, 1.82) is 0 Å². The van der Waals surface area contributed by atoms with Gasteiger partial charge in [-0.3, -0.25) is 4.79 Å². The minimum Gasteiger partial charge on any atom is -0.481 e. The maximum Gasteiger partial charge on any atom is 0.265 e. The summed E-state index contributed by atoms with van der Waals surface area (Å²) in [7, 11) is 0. The van der Waals surface area contributed by atoms with Crippen molar-refractivity contribution in [2.45, 2.75) is 20.0 Å². The van der Waals surface area contributed by atoms with Gasteiger partial charge in [-0.1, -0.05) is 34.8 Å². The van der Waals surface area contributed by atoms with Crippen LogP contribution in [-0.2, 0) is 4.79 Å². The van der Waals surface area contributed by atoms with Crippen LogP contribution in [0.5, 0.6) is 5.75 Å². The Labute approximate surface area is 144 Å². The number of aryl methyl sites for hydroxylation is 1. The zero-order valence-electron chi connectivity index (χ0n) is 12.0. The number of carbonyl (C=O) groups excluding carboxylic acids is 1. The summed E-state index contributed by atoms with van der Waals surface area (Å²) in [4.78, 5) is 12.2. The lowest BCUT2D eigenvalue weighted by molar-refractivity contribution is -0.122. The number of ether oxygens (including phenoxy) is 1. The third-order valence-corrected chi connectivity index (χ3v) is 3.61. The van der Waals surface area contributed by atoms with Gasteiger partial charge in [0.1, 0.15) is 5.75 Å². The molecular weight excluding hydrogens is 345 g/mol. The van der Waals surface area contributed by atoms with Gasteiger partial charge >= 0.3 is 0 Å². The summed E-state index contributed by atoms with van der Waals surface area (Å²) in [5.74, 6) is 0.309. The van der Waals surface area contributed by atoms with E-state index in [2.05, 4.69) is 5.32 Å². The molecule has 0 saturated heterocycles. The fraction of sp³-hybridized carbons (Fsp3) is 0.188. The quantitative estimate of drug-likeness (QED) is 0.799. The molecule has 6 heteroatoms. The highest BCUT2D eigenvalue weighted by molar-refractivity contribution is 6.35. The van der Waals surface area contributed by atoms with Crippen molar-refractivity contribution in [3.05, 3.63) is 57.0 Å². The van der Waals surface area contributed by atoms with Crippen molar-refractivity contribution in [2.75, 3.05) is 5.32 Å². The van der Waals surface area contributed by atoms with Crippen LogP contribution in [0.25, 0.3) is 0 Å². The highest BCUT2D eigenvalue weighted by atomic mass is 35.5. The smallest absolute Gasteiger partial charge is 0.265 e. The molecule has 0 saturated carbocycles. The molecule has 0 fully saturated rings. The van der Waals surface area contributed by atoms with Gasteiger partial charge < -0.3 is 10.1 Å². The Bertz CT molecular complexity index is 684. The largest absolute Gasteiger partial charge is 0.481 e. The summed E-state index contributed by atoms with van der Waals surface area (Å²) < 4.78 is 5.66. The van der Waals surface area contributed by atoms with Crippen molar-refractivity contribution in [1.82, 2.24) is 0 Å². The first-order valence-electron chi connectivity index (χ1n) is 6.55. The molecule has 2 aromatic rings. The lowest BCUT2D eigenvalue weighted by Crippen LogP contribution is -2.30. The Hall–Kier alpha value is -1.42. The van der Waals surface area contributed by atoms with Crippen LogP contribution in [0.4, 0.5) is 5.69 Å². The zero-order valence-corrected chi connectivity index (χ0v) is 14.3. The van der Waals surface area contributed by atoms with Gasteiger partial charge in [-0.25, -0.2) is 0 Å². The van der Waals surface area contributed by atoms with Gasteiger partial charge in [-0.2, -0.15) is 0 Å². The van der Waals surface area contributed by atoms with Crippen LogP contribution in [0.1, 0.15) is 12.5 Å². The van der Waals surface area contributed by atoms with E-state index in [9.17, 15) is 4.79 Å². The third-order valence-electron chi connectivity index (χ3n) is 2.94. The van der Waals surface area contributed by atoms with Crippen molar-refractivity contribution in [2.24, 2.45) is 0 Å². The number of nitrogens with one attached hydrogen (secondary N) is 1. The number of halogens is 3. The third kappa shape index (κ3) is 4.54. The van der Waals surface area contributed by atoms with Crippen molar-refractivity contribution in [3.8, 4) is 5.75 Å². The Morgan fingerprint density at radius 3 is 2.27 bits per heavy atom. The molecule has 0 radical (unpaired) electrons. The number of rotatable bonds is 4. The Morgan fingerprint density at radius 2 is 1.68 bits per heavy atom. The molecule has 0 unspecified atom stereocenters. The first-order chi connectivity index (χ1) is 10.3. The van der Waals surface area contributed by atoms with E-state index in [0.29, 0.717) is 26.5 Å². The second-order valence-corrected chi connectivity index (χ2v) is 6.13. The van der Waals surface area contributed by atoms with Crippen molar-refractivity contribution in [3.63, 3.8) is 0 Å². The molecule has 116 valence electrons.